The van der Waals surface area contributed by atoms with E-state index in [0.717, 1.165) is 27.7 Å². The second kappa shape index (κ2) is 8.26. The monoisotopic (exact) mass is 362 g/mol. The Hall–Kier alpha value is -2.20. The zero-order valence-electron chi connectivity index (χ0n) is 14.6. The van der Waals surface area contributed by atoms with Gasteiger partial charge in [-0.25, -0.2) is 0 Å². The molecular formula is C15H22O10. The van der Waals surface area contributed by atoms with Crippen LogP contribution in [0.15, 0.2) is 0 Å². The Morgan fingerprint density at radius 2 is 1.36 bits per heavy atom. The van der Waals surface area contributed by atoms with E-state index in [2.05, 4.69) is 0 Å². The molecule has 0 spiro atoms. The third-order valence-corrected chi connectivity index (χ3v) is 3.31. The number of carbonyl (C=O) groups excluding carboxylic acids is 4. The van der Waals surface area contributed by atoms with Gasteiger partial charge in [-0.15, -0.1) is 0 Å². The Labute approximate surface area is 144 Å². The van der Waals surface area contributed by atoms with Crippen LogP contribution in [0.1, 0.15) is 34.6 Å². The van der Waals surface area contributed by atoms with E-state index in [4.69, 9.17) is 23.7 Å². The predicted octanol–water partition coefficient (Wildman–Crippen LogP) is -0.548. The second-order valence-electron chi connectivity index (χ2n) is 5.63. The number of rotatable bonds is 5. The van der Waals surface area contributed by atoms with Crippen molar-refractivity contribution < 1.29 is 48.0 Å². The Bertz CT molecular complexity index is 544. The van der Waals surface area contributed by atoms with Crippen molar-refractivity contribution in [3.05, 3.63) is 0 Å². The lowest BCUT2D eigenvalue weighted by Crippen LogP contribution is -2.68. The second-order valence-corrected chi connectivity index (χ2v) is 5.63. The highest BCUT2D eigenvalue weighted by Gasteiger charge is 2.59. The molecule has 0 saturated carbocycles. The number of aliphatic hydroxyl groups is 1. The lowest BCUT2D eigenvalue weighted by Gasteiger charge is -2.48. The number of esters is 4. The molecule has 0 unspecified atom stereocenters. The van der Waals surface area contributed by atoms with E-state index in [1.165, 1.54) is 6.92 Å². The Morgan fingerprint density at radius 1 is 0.880 bits per heavy atom. The number of hydrogen-bond acceptors (Lipinski definition) is 10. The molecule has 1 aliphatic rings. The maximum absolute atomic E-state index is 11.5. The lowest BCUT2D eigenvalue weighted by atomic mass is 9.92. The third-order valence-electron chi connectivity index (χ3n) is 3.31. The van der Waals surface area contributed by atoms with Gasteiger partial charge in [0, 0.05) is 34.6 Å². The van der Waals surface area contributed by atoms with Gasteiger partial charge >= 0.3 is 23.9 Å². The average Bonchev–Trinajstić information content (AvgIpc) is 2.43. The van der Waals surface area contributed by atoms with Crippen LogP contribution in [0.3, 0.4) is 0 Å². The molecule has 10 heteroatoms. The van der Waals surface area contributed by atoms with Gasteiger partial charge in [0.25, 0.3) is 5.79 Å². The molecule has 0 amide bonds. The van der Waals surface area contributed by atoms with Gasteiger partial charge in [0.05, 0.1) is 6.61 Å². The summed E-state index contributed by atoms with van der Waals surface area (Å²) < 4.78 is 26.0. The fourth-order valence-electron chi connectivity index (χ4n) is 2.63. The fourth-order valence-corrected chi connectivity index (χ4v) is 2.63. The first-order chi connectivity index (χ1) is 11.5. The molecule has 1 heterocycles. The molecule has 0 aliphatic carbocycles. The van der Waals surface area contributed by atoms with Crippen molar-refractivity contribution in [3.63, 3.8) is 0 Å². The van der Waals surface area contributed by atoms with Gasteiger partial charge in [-0.05, 0) is 0 Å². The highest BCUT2D eigenvalue weighted by molar-refractivity contribution is 5.69. The van der Waals surface area contributed by atoms with Crippen LogP contribution in [-0.4, -0.2) is 65.8 Å². The molecule has 0 radical (unpaired) electrons. The molecule has 5 atom stereocenters. The number of carbonyl (C=O) groups is 4. The van der Waals surface area contributed by atoms with Gasteiger partial charge in [0.1, 0.15) is 6.10 Å². The van der Waals surface area contributed by atoms with Crippen molar-refractivity contribution in [2.75, 3.05) is 6.61 Å². The molecular weight excluding hydrogens is 340 g/mol. The Kier molecular flexibility index (Phi) is 6.88. The van der Waals surface area contributed by atoms with E-state index in [9.17, 15) is 24.3 Å². The maximum atomic E-state index is 11.5. The van der Waals surface area contributed by atoms with Crippen molar-refractivity contribution >= 4 is 23.9 Å². The minimum Gasteiger partial charge on any atom is -0.456 e. The van der Waals surface area contributed by atoms with E-state index in [0.29, 0.717) is 0 Å². The summed E-state index contributed by atoms with van der Waals surface area (Å²) in [5.41, 5.74) is 0. The third kappa shape index (κ3) is 5.40. The van der Waals surface area contributed by atoms with Crippen LogP contribution < -0.4 is 0 Å². The molecule has 1 fully saturated rings. The Balaban J connectivity index is 3.38. The van der Waals surface area contributed by atoms with Crippen molar-refractivity contribution in [3.8, 4) is 0 Å². The van der Waals surface area contributed by atoms with Crippen LogP contribution >= 0.6 is 0 Å². The van der Waals surface area contributed by atoms with Crippen LogP contribution in [0.2, 0.25) is 0 Å². The van der Waals surface area contributed by atoms with Crippen LogP contribution in [0.5, 0.6) is 0 Å². The highest BCUT2D eigenvalue weighted by atomic mass is 16.8. The maximum Gasteiger partial charge on any atom is 0.305 e. The molecule has 1 rings (SSSR count). The van der Waals surface area contributed by atoms with Gasteiger partial charge in [-0.2, -0.15) is 0 Å². The van der Waals surface area contributed by atoms with E-state index in [-0.39, 0.29) is 0 Å². The summed E-state index contributed by atoms with van der Waals surface area (Å²) in [5, 5.41) is 9.56. The molecule has 1 N–H and O–H groups in total. The van der Waals surface area contributed by atoms with Crippen molar-refractivity contribution in [2.45, 2.75) is 64.8 Å². The smallest absolute Gasteiger partial charge is 0.305 e. The quantitative estimate of drug-likeness (QED) is 0.501. The molecule has 1 saturated heterocycles. The zero-order chi connectivity index (χ0) is 19.4. The van der Waals surface area contributed by atoms with E-state index < -0.39 is 60.7 Å². The fraction of sp³-hybridized carbons (Fsp3) is 0.733. The normalized spacial score (nSPS) is 31.6. The Morgan fingerprint density at radius 3 is 1.76 bits per heavy atom. The summed E-state index contributed by atoms with van der Waals surface area (Å²) >= 11 is 0. The molecule has 10 nitrogen and oxygen atoms in total. The summed E-state index contributed by atoms with van der Waals surface area (Å²) in [4.78, 5) is 45.8. The van der Waals surface area contributed by atoms with E-state index in [1.807, 2.05) is 0 Å². The first-order valence-corrected chi connectivity index (χ1v) is 7.50. The molecule has 1 aliphatic heterocycles. The molecule has 25 heavy (non-hydrogen) atoms. The zero-order valence-corrected chi connectivity index (χ0v) is 14.6. The standard InChI is InChI=1S/C15H22O10/c1-7(17)21-12-11(6-16)25-15(5,24-10(4)20)14(23-9(3)19)13(12)22-8(2)18/h11-14,16H,6H2,1-5H3/t11-,12-,13+,14-,15-/m1/s1. The van der Waals surface area contributed by atoms with Gasteiger partial charge in [-0.1, -0.05) is 0 Å². The summed E-state index contributed by atoms with van der Waals surface area (Å²) in [5.74, 6) is -4.90. The minimum absolute atomic E-state index is 0.640. The van der Waals surface area contributed by atoms with Crippen LogP contribution in [0.4, 0.5) is 0 Å². The SMILES string of the molecule is CC(=O)O[C@H]1[C@H](OC(C)=O)[C@@H](CO)O[C@@](C)(OC(C)=O)[C@@H]1OC(C)=O. The molecule has 0 aromatic rings. The summed E-state index contributed by atoms with van der Waals surface area (Å²) in [6, 6.07) is 0. The molecule has 0 aromatic heterocycles. The number of ether oxygens (including phenoxy) is 5. The lowest BCUT2D eigenvalue weighted by molar-refractivity contribution is -0.346. The largest absolute Gasteiger partial charge is 0.456 e. The topological polar surface area (TPSA) is 135 Å². The van der Waals surface area contributed by atoms with Crippen LogP contribution in [0, 0.1) is 0 Å². The first kappa shape index (κ1) is 20.8. The summed E-state index contributed by atoms with van der Waals surface area (Å²) in [7, 11) is 0. The number of hydrogen-bond donors (Lipinski definition) is 1. The van der Waals surface area contributed by atoms with E-state index in [1.54, 1.807) is 0 Å². The van der Waals surface area contributed by atoms with Crippen molar-refractivity contribution in [1.82, 2.24) is 0 Å². The van der Waals surface area contributed by atoms with Gasteiger partial charge in [0.2, 0.25) is 6.10 Å². The minimum atomic E-state index is -1.87. The first-order valence-electron chi connectivity index (χ1n) is 7.50. The van der Waals surface area contributed by atoms with Gasteiger partial charge in [-0.3, -0.25) is 19.2 Å². The van der Waals surface area contributed by atoms with Gasteiger partial charge < -0.3 is 28.8 Å². The van der Waals surface area contributed by atoms with Crippen LogP contribution in [-0.2, 0) is 42.9 Å². The predicted molar refractivity (Wildman–Crippen MR) is 78.8 cm³/mol. The van der Waals surface area contributed by atoms with Crippen molar-refractivity contribution in [2.24, 2.45) is 0 Å². The highest BCUT2D eigenvalue weighted by Crippen LogP contribution is 2.36. The molecule has 0 aromatic carbocycles. The van der Waals surface area contributed by atoms with Crippen LogP contribution in [0.25, 0.3) is 0 Å². The molecule has 0 bridgehead atoms. The molecule has 142 valence electrons. The number of aliphatic hydroxyl groups excluding tert-OH is 1. The van der Waals surface area contributed by atoms with Gasteiger partial charge in [0.15, 0.2) is 12.2 Å². The van der Waals surface area contributed by atoms with E-state index >= 15 is 0 Å². The summed E-state index contributed by atoms with van der Waals surface area (Å²) in [6.07, 6.45) is -5.26. The summed E-state index contributed by atoms with van der Waals surface area (Å²) in [6.45, 7) is 5.05. The van der Waals surface area contributed by atoms with Crippen molar-refractivity contribution in [1.29, 1.82) is 0 Å². The average molecular weight is 362 g/mol.